The van der Waals surface area contributed by atoms with Gasteiger partial charge in [-0.15, -0.1) is 11.3 Å². The summed E-state index contributed by atoms with van der Waals surface area (Å²) in [5.74, 6) is -1.38. The van der Waals surface area contributed by atoms with Gasteiger partial charge in [-0.2, -0.15) is 0 Å². The summed E-state index contributed by atoms with van der Waals surface area (Å²) in [5.41, 5.74) is 0.631. The standard InChI is InChI=1S/C19H21FN2O2S/c1-12-4-9-17(25-12)13(2)21(3)18(23)16-10-11-22(19(16)24)15-7-5-14(20)6-8-15/h4-9,13,16H,10-11H2,1-3H3/t13-,16-/m0/s1. The monoisotopic (exact) mass is 360 g/mol. The number of hydrogen-bond acceptors (Lipinski definition) is 3. The van der Waals surface area contributed by atoms with E-state index in [1.165, 1.54) is 17.0 Å². The highest BCUT2D eigenvalue weighted by Gasteiger charge is 2.40. The predicted octanol–water partition coefficient (Wildman–Crippen LogP) is 3.77. The first-order valence-electron chi connectivity index (χ1n) is 8.28. The molecule has 25 heavy (non-hydrogen) atoms. The Morgan fingerprint density at radius 1 is 1.28 bits per heavy atom. The summed E-state index contributed by atoms with van der Waals surface area (Å²) in [4.78, 5) is 31.0. The first-order chi connectivity index (χ1) is 11.9. The molecule has 1 fully saturated rings. The number of aryl methyl sites for hydroxylation is 1. The molecule has 2 atom stereocenters. The minimum absolute atomic E-state index is 0.0705. The molecular formula is C19H21FN2O2S. The third-order valence-electron chi connectivity index (χ3n) is 4.74. The topological polar surface area (TPSA) is 40.6 Å². The summed E-state index contributed by atoms with van der Waals surface area (Å²) in [6, 6.07) is 9.78. The van der Waals surface area contributed by atoms with Crippen LogP contribution in [0.15, 0.2) is 36.4 Å². The summed E-state index contributed by atoms with van der Waals surface area (Å²) in [6.07, 6.45) is 0.482. The molecule has 4 nitrogen and oxygen atoms in total. The van der Waals surface area contributed by atoms with Gasteiger partial charge in [-0.05, 0) is 56.7 Å². The molecule has 1 aliphatic heterocycles. The van der Waals surface area contributed by atoms with Crippen LogP contribution in [0.3, 0.4) is 0 Å². The number of anilines is 1. The van der Waals surface area contributed by atoms with Crippen LogP contribution in [0.5, 0.6) is 0 Å². The zero-order valence-electron chi connectivity index (χ0n) is 14.5. The van der Waals surface area contributed by atoms with Gasteiger partial charge in [0.15, 0.2) is 0 Å². The van der Waals surface area contributed by atoms with Crippen LogP contribution in [0, 0.1) is 18.7 Å². The smallest absolute Gasteiger partial charge is 0.239 e. The highest BCUT2D eigenvalue weighted by Crippen LogP contribution is 2.31. The van der Waals surface area contributed by atoms with Gasteiger partial charge in [-0.3, -0.25) is 9.59 Å². The van der Waals surface area contributed by atoms with Gasteiger partial charge in [-0.1, -0.05) is 0 Å². The Morgan fingerprint density at radius 3 is 2.56 bits per heavy atom. The van der Waals surface area contributed by atoms with Crippen molar-refractivity contribution in [3.05, 3.63) is 52.0 Å². The maximum absolute atomic E-state index is 13.1. The van der Waals surface area contributed by atoms with Gasteiger partial charge in [-0.25, -0.2) is 4.39 Å². The maximum atomic E-state index is 13.1. The average molecular weight is 360 g/mol. The molecule has 0 N–H and O–H groups in total. The Kier molecular flexibility index (Phi) is 4.90. The highest BCUT2D eigenvalue weighted by atomic mass is 32.1. The van der Waals surface area contributed by atoms with Crippen LogP contribution in [0.25, 0.3) is 0 Å². The fourth-order valence-corrected chi connectivity index (χ4v) is 4.06. The average Bonchev–Trinajstić information content (AvgIpc) is 3.20. The lowest BCUT2D eigenvalue weighted by Gasteiger charge is -2.26. The largest absolute Gasteiger partial charge is 0.337 e. The van der Waals surface area contributed by atoms with Crippen molar-refractivity contribution in [1.82, 2.24) is 4.90 Å². The minimum atomic E-state index is -0.668. The van der Waals surface area contributed by atoms with E-state index >= 15 is 0 Å². The molecule has 0 spiro atoms. The second kappa shape index (κ2) is 6.96. The molecule has 1 aromatic carbocycles. The van der Waals surface area contributed by atoms with Crippen LogP contribution in [-0.4, -0.2) is 30.3 Å². The van der Waals surface area contributed by atoms with Crippen LogP contribution >= 0.6 is 11.3 Å². The van der Waals surface area contributed by atoms with Crippen LogP contribution in [0.4, 0.5) is 10.1 Å². The van der Waals surface area contributed by atoms with Crippen molar-refractivity contribution < 1.29 is 14.0 Å². The number of halogens is 1. The molecule has 0 aliphatic carbocycles. The van der Waals surface area contributed by atoms with Gasteiger partial charge in [0.25, 0.3) is 0 Å². The Labute approximate surface area is 150 Å². The van der Waals surface area contributed by atoms with Crippen molar-refractivity contribution in [3.63, 3.8) is 0 Å². The maximum Gasteiger partial charge on any atom is 0.239 e. The van der Waals surface area contributed by atoms with Gasteiger partial charge in [0.05, 0.1) is 6.04 Å². The predicted molar refractivity (Wildman–Crippen MR) is 97.1 cm³/mol. The van der Waals surface area contributed by atoms with Gasteiger partial charge in [0.1, 0.15) is 11.7 Å². The van der Waals surface area contributed by atoms with E-state index in [2.05, 4.69) is 0 Å². The van der Waals surface area contributed by atoms with Gasteiger partial charge < -0.3 is 9.80 Å². The molecule has 2 amide bonds. The molecule has 0 unspecified atom stereocenters. The summed E-state index contributed by atoms with van der Waals surface area (Å²) in [7, 11) is 1.75. The van der Waals surface area contributed by atoms with Crippen molar-refractivity contribution >= 4 is 28.8 Å². The zero-order chi connectivity index (χ0) is 18.1. The molecule has 2 aromatic rings. The number of carbonyl (C=O) groups excluding carboxylic acids is 2. The van der Waals surface area contributed by atoms with E-state index in [9.17, 15) is 14.0 Å². The number of nitrogens with zero attached hydrogens (tertiary/aromatic N) is 2. The van der Waals surface area contributed by atoms with Crippen molar-refractivity contribution in [2.45, 2.75) is 26.3 Å². The van der Waals surface area contributed by atoms with E-state index in [1.54, 1.807) is 40.3 Å². The number of rotatable bonds is 4. The Hall–Kier alpha value is -2.21. The lowest BCUT2D eigenvalue weighted by atomic mass is 10.1. The SMILES string of the molecule is Cc1ccc([C@H](C)N(C)C(=O)[C@@H]2CCN(c3ccc(F)cc3)C2=O)s1. The molecule has 132 valence electrons. The highest BCUT2D eigenvalue weighted by molar-refractivity contribution is 7.12. The van der Waals surface area contributed by atoms with E-state index in [1.807, 2.05) is 26.0 Å². The molecule has 2 heterocycles. The number of carbonyl (C=O) groups is 2. The van der Waals surface area contributed by atoms with Crippen molar-refractivity contribution in [2.75, 3.05) is 18.5 Å². The van der Waals surface area contributed by atoms with Crippen molar-refractivity contribution in [3.8, 4) is 0 Å². The van der Waals surface area contributed by atoms with Crippen molar-refractivity contribution in [1.29, 1.82) is 0 Å². The van der Waals surface area contributed by atoms with Gasteiger partial charge in [0.2, 0.25) is 11.8 Å². The summed E-state index contributed by atoms with van der Waals surface area (Å²) < 4.78 is 13.1. The molecule has 6 heteroatoms. The third kappa shape index (κ3) is 3.44. The molecule has 1 aromatic heterocycles. The molecule has 3 rings (SSSR count). The van der Waals surface area contributed by atoms with Crippen LogP contribution < -0.4 is 4.90 Å². The van der Waals surface area contributed by atoms with E-state index < -0.39 is 5.92 Å². The third-order valence-corrected chi connectivity index (χ3v) is 5.91. The fourth-order valence-electron chi connectivity index (χ4n) is 3.09. The van der Waals surface area contributed by atoms with Crippen LogP contribution in [0.1, 0.15) is 29.1 Å². The van der Waals surface area contributed by atoms with E-state index in [0.717, 1.165) is 4.88 Å². The lowest BCUT2D eigenvalue weighted by Crippen LogP contribution is -2.39. The quantitative estimate of drug-likeness (QED) is 0.779. The lowest BCUT2D eigenvalue weighted by molar-refractivity contribution is -0.140. The normalized spacial score (nSPS) is 18.5. The summed E-state index contributed by atoms with van der Waals surface area (Å²) >= 11 is 1.66. The summed E-state index contributed by atoms with van der Waals surface area (Å²) in [6.45, 7) is 4.48. The number of benzene rings is 1. The molecule has 0 radical (unpaired) electrons. The Morgan fingerprint density at radius 2 is 1.96 bits per heavy atom. The molecule has 1 aliphatic rings. The molecule has 0 bridgehead atoms. The first-order valence-corrected chi connectivity index (χ1v) is 9.10. The molecular weight excluding hydrogens is 339 g/mol. The van der Waals surface area contributed by atoms with Gasteiger partial charge in [0, 0.05) is 29.0 Å². The molecule has 1 saturated heterocycles. The van der Waals surface area contributed by atoms with Crippen LogP contribution in [-0.2, 0) is 9.59 Å². The second-order valence-corrected chi connectivity index (χ2v) is 7.70. The number of hydrogen-bond donors (Lipinski definition) is 0. The van der Waals surface area contributed by atoms with Crippen molar-refractivity contribution in [2.24, 2.45) is 5.92 Å². The Bertz CT molecular complexity index is 787. The fraction of sp³-hybridized carbons (Fsp3) is 0.368. The van der Waals surface area contributed by atoms with Crippen LogP contribution in [0.2, 0.25) is 0 Å². The van der Waals surface area contributed by atoms with E-state index in [4.69, 9.17) is 0 Å². The van der Waals surface area contributed by atoms with E-state index in [0.29, 0.717) is 18.7 Å². The number of thiophene rings is 1. The first kappa shape index (κ1) is 17.6. The minimum Gasteiger partial charge on any atom is -0.337 e. The zero-order valence-corrected chi connectivity index (χ0v) is 15.3. The summed E-state index contributed by atoms with van der Waals surface area (Å²) in [5, 5.41) is 0. The second-order valence-electron chi connectivity index (χ2n) is 6.38. The van der Waals surface area contributed by atoms with E-state index in [-0.39, 0.29) is 23.7 Å². The van der Waals surface area contributed by atoms with Gasteiger partial charge >= 0.3 is 0 Å². The number of amides is 2. The Balaban J connectivity index is 1.72. The molecule has 0 saturated carbocycles.